The Labute approximate surface area is 123 Å². The van der Waals surface area contributed by atoms with Crippen LogP contribution in [-0.4, -0.2) is 34.6 Å². The van der Waals surface area contributed by atoms with Crippen LogP contribution < -0.4 is 5.32 Å². The quantitative estimate of drug-likeness (QED) is 0.874. The number of carbonyl (C=O) groups is 2. The van der Waals surface area contributed by atoms with E-state index < -0.39 is 17.8 Å². The van der Waals surface area contributed by atoms with E-state index in [-0.39, 0.29) is 23.2 Å². The lowest BCUT2D eigenvalue weighted by atomic mass is 10.1. The number of urea groups is 1. The fourth-order valence-corrected chi connectivity index (χ4v) is 1.93. The van der Waals surface area contributed by atoms with Gasteiger partial charge in [-0.25, -0.2) is 14.0 Å². The van der Waals surface area contributed by atoms with E-state index in [0.717, 1.165) is 6.07 Å². The van der Waals surface area contributed by atoms with E-state index in [9.17, 15) is 14.0 Å². The van der Waals surface area contributed by atoms with E-state index in [4.69, 9.17) is 5.11 Å². The summed E-state index contributed by atoms with van der Waals surface area (Å²) < 4.78 is 13.8. The van der Waals surface area contributed by atoms with E-state index >= 15 is 0 Å². The van der Waals surface area contributed by atoms with Crippen molar-refractivity contribution in [1.82, 2.24) is 4.90 Å². The number of hydrogen-bond acceptors (Lipinski definition) is 2. The fraction of sp³-hybridized carbons (Fsp3) is 0.467. The number of carboxylic acids is 1. The fourth-order valence-electron chi connectivity index (χ4n) is 1.93. The Morgan fingerprint density at radius 1 is 1.29 bits per heavy atom. The van der Waals surface area contributed by atoms with Crippen molar-refractivity contribution in [3.05, 3.63) is 29.6 Å². The van der Waals surface area contributed by atoms with Crippen LogP contribution in [0.4, 0.5) is 14.9 Å². The molecule has 0 bridgehead atoms. The first-order valence-corrected chi connectivity index (χ1v) is 6.83. The minimum atomic E-state index is -1.29. The first kappa shape index (κ1) is 16.9. The number of aromatic carboxylic acids is 1. The summed E-state index contributed by atoms with van der Waals surface area (Å²) in [6, 6.07) is 3.08. The topological polar surface area (TPSA) is 69.6 Å². The number of halogens is 1. The summed E-state index contributed by atoms with van der Waals surface area (Å²) in [6.07, 6.45) is 0. The van der Waals surface area contributed by atoms with Crippen molar-refractivity contribution in [2.24, 2.45) is 5.92 Å². The summed E-state index contributed by atoms with van der Waals surface area (Å²) in [7, 11) is 0. The number of rotatable bonds is 5. The van der Waals surface area contributed by atoms with Crippen molar-refractivity contribution >= 4 is 17.7 Å². The van der Waals surface area contributed by atoms with Crippen LogP contribution in [0.2, 0.25) is 0 Å². The van der Waals surface area contributed by atoms with Gasteiger partial charge in [0.1, 0.15) is 5.82 Å². The van der Waals surface area contributed by atoms with Gasteiger partial charge in [-0.15, -0.1) is 0 Å². The van der Waals surface area contributed by atoms with Gasteiger partial charge in [-0.2, -0.15) is 0 Å². The number of nitrogens with zero attached hydrogens (tertiary/aromatic N) is 1. The van der Waals surface area contributed by atoms with Crippen LogP contribution in [0, 0.1) is 11.7 Å². The lowest BCUT2D eigenvalue weighted by Crippen LogP contribution is -2.42. The maximum atomic E-state index is 13.8. The van der Waals surface area contributed by atoms with Gasteiger partial charge >= 0.3 is 12.0 Å². The van der Waals surface area contributed by atoms with E-state index in [1.54, 1.807) is 4.90 Å². The van der Waals surface area contributed by atoms with E-state index in [1.165, 1.54) is 12.1 Å². The number of carboxylic acid groups (broad SMARTS) is 1. The molecule has 0 saturated carbocycles. The van der Waals surface area contributed by atoms with Gasteiger partial charge in [0.25, 0.3) is 0 Å². The van der Waals surface area contributed by atoms with Gasteiger partial charge in [0.05, 0.1) is 11.3 Å². The molecule has 21 heavy (non-hydrogen) atoms. The molecule has 1 aromatic rings. The molecule has 0 unspecified atom stereocenters. The molecular formula is C15H21FN2O3. The van der Waals surface area contributed by atoms with Crippen molar-refractivity contribution in [2.45, 2.75) is 33.7 Å². The zero-order chi connectivity index (χ0) is 16.2. The molecule has 0 aliphatic rings. The van der Waals surface area contributed by atoms with Crippen molar-refractivity contribution in [1.29, 1.82) is 0 Å². The third-order valence-corrected chi connectivity index (χ3v) is 2.92. The van der Waals surface area contributed by atoms with E-state index in [1.807, 2.05) is 27.7 Å². The second-order valence-electron chi connectivity index (χ2n) is 5.54. The van der Waals surface area contributed by atoms with Crippen molar-refractivity contribution in [3.8, 4) is 0 Å². The molecule has 0 heterocycles. The second kappa shape index (κ2) is 7.06. The highest BCUT2D eigenvalue weighted by Crippen LogP contribution is 2.21. The van der Waals surface area contributed by atoms with Gasteiger partial charge in [-0.1, -0.05) is 19.9 Å². The smallest absolute Gasteiger partial charge is 0.337 e. The number of carbonyl (C=O) groups excluding carboxylic acids is 1. The van der Waals surface area contributed by atoms with Crippen LogP contribution in [0.25, 0.3) is 0 Å². The van der Waals surface area contributed by atoms with Crippen LogP contribution >= 0.6 is 0 Å². The number of nitrogens with one attached hydrogen (secondary N) is 1. The minimum absolute atomic E-state index is 0.0764. The maximum Gasteiger partial charge on any atom is 0.337 e. The molecule has 0 spiro atoms. The Morgan fingerprint density at radius 2 is 1.90 bits per heavy atom. The SMILES string of the molecule is CC(C)CN(C(=O)Nc1c(F)cccc1C(=O)O)C(C)C. The molecule has 2 N–H and O–H groups in total. The maximum absolute atomic E-state index is 13.8. The zero-order valence-corrected chi connectivity index (χ0v) is 12.7. The summed E-state index contributed by atoms with van der Waals surface area (Å²) in [4.78, 5) is 24.9. The molecule has 0 aromatic heterocycles. The third-order valence-electron chi connectivity index (χ3n) is 2.92. The Bertz CT molecular complexity index is 530. The first-order chi connectivity index (χ1) is 9.73. The van der Waals surface area contributed by atoms with Crippen LogP contribution in [0.15, 0.2) is 18.2 Å². The van der Waals surface area contributed by atoms with Crippen LogP contribution in [0.1, 0.15) is 38.1 Å². The summed E-state index contributed by atoms with van der Waals surface area (Å²) in [5.41, 5.74) is -0.569. The number of amides is 2. The summed E-state index contributed by atoms with van der Waals surface area (Å²) in [5, 5.41) is 11.4. The lowest BCUT2D eigenvalue weighted by Gasteiger charge is -2.29. The molecule has 0 fully saturated rings. The number of hydrogen-bond donors (Lipinski definition) is 2. The van der Waals surface area contributed by atoms with Gasteiger partial charge < -0.3 is 15.3 Å². The van der Waals surface area contributed by atoms with Gasteiger partial charge in [0.15, 0.2) is 0 Å². The predicted molar refractivity (Wildman–Crippen MR) is 79.1 cm³/mol. The summed E-state index contributed by atoms with van der Waals surface area (Å²) in [5.74, 6) is -1.81. The van der Waals surface area contributed by atoms with Gasteiger partial charge in [0.2, 0.25) is 0 Å². The third kappa shape index (κ3) is 4.44. The molecule has 0 radical (unpaired) electrons. The summed E-state index contributed by atoms with van der Waals surface area (Å²) in [6.45, 7) is 8.13. The Morgan fingerprint density at radius 3 is 2.38 bits per heavy atom. The zero-order valence-electron chi connectivity index (χ0n) is 12.7. The highest BCUT2D eigenvalue weighted by atomic mass is 19.1. The molecule has 0 atom stereocenters. The van der Waals surface area contributed by atoms with E-state index in [0.29, 0.717) is 6.54 Å². The van der Waals surface area contributed by atoms with Crippen molar-refractivity contribution < 1.29 is 19.1 Å². The molecule has 0 saturated heterocycles. The van der Waals surface area contributed by atoms with Gasteiger partial charge in [-0.05, 0) is 31.9 Å². The van der Waals surface area contributed by atoms with Crippen molar-refractivity contribution in [3.63, 3.8) is 0 Å². The molecule has 1 aromatic carbocycles. The predicted octanol–water partition coefficient (Wildman–Crippen LogP) is 3.42. The van der Waals surface area contributed by atoms with Gasteiger partial charge in [0, 0.05) is 12.6 Å². The number of anilines is 1. The van der Waals surface area contributed by atoms with E-state index in [2.05, 4.69) is 5.32 Å². The molecule has 5 nitrogen and oxygen atoms in total. The monoisotopic (exact) mass is 296 g/mol. The Kier molecular flexibility index (Phi) is 5.69. The molecule has 1 rings (SSSR count). The van der Waals surface area contributed by atoms with Crippen LogP contribution in [0.5, 0.6) is 0 Å². The average Bonchev–Trinajstić information content (AvgIpc) is 2.37. The summed E-state index contributed by atoms with van der Waals surface area (Å²) >= 11 is 0. The second-order valence-corrected chi connectivity index (χ2v) is 5.54. The normalized spacial score (nSPS) is 10.8. The van der Waals surface area contributed by atoms with Gasteiger partial charge in [-0.3, -0.25) is 0 Å². The molecular weight excluding hydrogens is 275 g/mol. The average molecular weight is 296 g/mol. The Balaban J connectivity index is 3.04. The first-order valence-electron chi connectivity index (χ1n) is 6.83. The molecule has 0 aliphatic carbocycles. The largest absolute Gasteiger partial charge is 0.478 e. The molecule has 2 amide bonds. The Hall–Kier alpha value is -2.11. The number of para-hydroxylation sites is 1. The van der Waals surface area contributed by atoms with Crippen molar-refractivity contribution in [2.75, 3.05) is 11.9 Å². The highest BCUT2D eigenvalue weighted by molar-refractivity contribution is 6.00. The highest BCUT2D eigenvalue weighted by Gasteiger charge is 2.22. The lowest BCUT2D eigenvalue weighted by molar-refractivity contribution is 0.0697. The number of benzene rings is 1. The molecule has 6 heteroatoms. The standard InChI is InChI=1S/C15H21FN2O3/c1-9(2)8-18(10(3)4)15(21)17-13-11(14(19)20)6-5-7-12(13)16/h5-7,9-10H,8H2,1-4H3,(H,17,21)(H,19,20). The van der Waals surface area contributed by atoms with Crippen LogP contribution in [-0.2, 0) is 0 Å². The molecule has 0 aliphatic heterocycles. The molecule has 116 valence electrons. The minimum Gasteiger partial charge on any atom is -0.478 e. The van der Waals surface area contributed by atoms with Crippen LogP contribution in [0.3, 0.4) is 0 Å².